The summed E-state index contributed by atoms with van der Waals surface area (Å²) in [6.45, 7) is 4.90. The lowest BCUT2D eigenvalue weighted by Crippen LogP contribution is -2.26. The molecule has 0 aromatic rings. The summed E-state index contributed by atoms with van der Waals surface area (Å²) in [7, 11) is 0. The van der Waals surface area contributed by atoms with E-state index in [0.29, 0.717) is 13.2 Å². The second kappa shape index (κ2) is 3.90. The highest BCUT2D eigenvalue weighted by Crippen LogP contribution is 2.33. The van der Waals surface area contributed by atoms with E-state index in [4.69, 9.17) is 9.47 Å². The highest BCUT2D eigenvalue weighted by molar-refractivity contribution is 5.82. The molecule has 3 heteroatoms. The first-order valence-electron chi connectivity index (χ1n) is 4.56. The van der Waals surface area contributed by atoms with Crippen LogP contribution in [-0.2, 0) is 14.3 Å². The third-order valence-corrected chi connectivity index (χ3v) is 2.07. The Morgan fingerprint density at radius 3 is 2.67 bits per heavy atom. The molecule has 1 fully saturated rings. The van der Waals surface area contributed by atoms with Crippen molar-refractivity contribution in [2.24, 2.45) is 0 Å². The number of unbranched alkanes of at least 4 members (excludes halogenated alkanes) is 1. The molecule has 12 heavy (non-hydrogen) atoms. The Balaban J connectivity index is 2.32. The van der Waals surface area contributed by atoms with Crippen LogP contribution in [-0.4, -0.2) is 24.8 Å². The minimum Gasteiger partial charge on any atom is -0.464 e. The van der Waals surface area contributed by atoms with Crippen LogP contribution in [0.25, 0.3) is 0 Å². The van der Waals surface area contributed by atoms with E-state index in [-0.39, 0.29) is 5.97 Å². The van der Waals surface area contributed by atoms with Crippen LogP contribution in [0.15, 0.2) is 0 Å². The van der Waals surface area contributed by atoms with Gasteiger partial charge in [-0.05, 0) is 13.3 Å². The van der Waals surface area contributed by atoms with Gasteiger partial charge in [-0.1, -0.05) is 19.8 Å². The predicted molar refractivity (Wildman–Crippen MR) is 44.8 cm³/mol. The Labute approximate surface area is 73.0 Å². The lowest BCUT2D eigenvalue weighted by molar-refractivity contribution is -0.149. The molecule has 0 radical (unpaired) electrons. The smallest absolute Gasteiger partial charge is 0.340 e. The lowest BCUT2D eigenvalue weighted by Gasteiger charge is -2.08. The third-order valence-electron chi connectivity index (χ3n) is 2.07. The summed E-state index contributed by atoms with van der Waals surface area (Å²) in [5.74, 6) is -0.182. The van der Waals surface area contributed by atoms with E-state index < -0.39 is 5.60 Å². The maximum atomic E-state index is 11.3. The molecule has 1 saturated heterocycles. The molecule has 0 amide bonds. The van der Waals surface area contributed by atoms with E-state index in [2.05, 4.69) is 6.92 Å². The first-order chi connectivity index (χ1) is 5.75. The molecule has 0 saturated carbocycles. The fourth-order valence-electron chi connectivity index (χ4n) is 1.18. The lowest BCUT2D eigenvalue weighted by atomic mass is 10.0. The van der Waals surface area contributed by atoms with Crippen LogP contribution in [0.3, 0.4) is 0 Å². The highest BCUT2D eigenvalue weighted by Gasteiger charge is 2.52. The second-order valence-corrected chi connectivity index (χ2v) is 3.11. The van der Waals surface area contributed by atoms with E-state index in [9.17, 15) is 4.79 Å². The van der Waals surface area contributed by atoms with Crippen molar-refractivity contribution in [3.8, 4) is 0 Å². The van der Waals surface area contributed by atoms with Gasteiger partial charge in [0, 0.05) is 0 Å². The summed E-state index contributed by atoms with van der Waals surface area (Å²) in [6, 6.07) is 0. The normalized spacial score (nSPS) is 26.8. The Bertz CT molecular complexity index is 161. The molecule has 1 aliphatic heterocycles. The number of carbonyl (C=O) groups is 1. The maximum absolute atomic E-state index is 11.3. The van der Waals surface area contributed by atoms with Crippen molar-refractivity contribution in [1.29, 1.82) is 0 Å². The molecule has 3 nitrogen and oxygen atoms in total. The van der Waals surface area contributed by atoms with Crippen LogP contribution >= 0.6 is 0 Å². The van der Waals surface area contributed by atoms with Gasteiger partial charge < -0.3 is 9.47 Å². The summed E-state index contributed by atoms with van der Waals surface area (Å²) in [6.07, 6.45) is 2.92. The third kappa shape index (κ3) is 1.97. The monoisotopic (exact) mass is 172 g/mol. The van der Waals surface area contributed by atoms with E-state index in [1.165, 1.54) is 0 Å². The number of hydrogen-bond donors (Lipinski definition) is 0. The molecular weight excluding hydrogens is 156 g/mol. The van der Waals surface area contributed by atoms with Gasteiger partial charge in [0.1, 0.15) is 0 Å². The number of esters is 1. The maximum Gasteiger partial charge on any atom is 0.340 e. The average molecular weight is 172 g/mol. The zero-order chi connectivity index (χ0) is 9.03. The van der Waals surface area contributed by atoms with Gasteiger partial charge in [-0.15, -0.1) is 0 Å². The fraction of sp³-hybridized carbons (Fsp3) is 0.889. The molecule has 0 aromatic heterocycles. The summed E-state index contributed by atoms with van der Waals surface area (Å²) in [5.41, 5.74) is -0.550. The highest BCUT2D eigenvalue weighted by atomic mass is 16.6. The van der Waals surface area contributed by atoms with E-state index in [1.807, 2.05) is 6.92 Å². The van der Waals surface area contributed by atoms with E-state index >= 15 is 0 Å². The average Bonchev–Trinajstić information content (AvgIpc) is 2.82. The molecule has 0 N–H and O–H groups in total. The van der Waals surface area contributed by atoms with Crippen LogP contribution < -0.4 is 0 Å². The van der Waals surface area contributed by atoms with Gasteiger partial charge in [0.15, 0.2) is 5.60 Å². The number of ether oxygens (including phenoxy) is 2. The Morgan fingerprint density at radius 1 is 1.58 bits per heavy atom. The molecule has 0 spiro atoms. The summed E-state index contributed by atoms with van der Waals surface area (Å²) >= 11 is 0. The summed E-state index contributed by atoms with van der Waals surface area (Å²) in [5, 5.41) is 0. The topological polar surface area (TPSA) is 38.8 Å². The number of carbonyl (C=O) groups excluding carboxylic acids is 1. The van der Waals surface area contributed by atoms with Crippen molar-refractivity contribution >= 4 is 5.97 Å². The van der Waals surface area contributed by atoms with Crippen molar-refractivity contribution < 1.29 is 14.3 Å². The van der Waals surface area contributed by atoms with Crippen LogP contribution in [0.1, 0.15) is 33.1 Å². The van der Waals surface area contributed by atoms with Crippen molar-refractivity contribution in [3.05, 3.63) is 0 Å². The molecule has 0 aromatic carbocycles. The predicted octanol–water partition coefficient (Wildman–Crippen LogP) is 1.51. The first-order valence-corrected chi connectivity index (χ1v) is 4.56. The van der Waals surface area contributed by atoms with Gasteiger partial charge >= 0.3 is 5.97 Å². The molecule has 1 rings (SSSR count). The second-order valence-electron chi connectivity index (χ2n) is 3.11. The Hall–Kier alpha value is -0.570. The largest absolute Gasteiger partial charge is 0.464 e. The van der Waals surface area contributed by atoms with Crippen LogP contribution in [0, 0.1) is 0 Å². The van der Waals surface area contributed by atoms with Crippen molar-refractivity contribution in [2.45, 2.75) is 38.7 Å². The van der Waals surface area contributed by atoms with Gasteiger partial charge in [-0.3, -0.25) is 0 Å². The number of epoxide rings is 1. The Kier molecular flexibility index (Phi) is 3.09. The minimum absolute atomic E-state index is 0.182. The fourth-order valence-corrected chi connectivity index (χ4v) is 1.18. The van der Waals surface area contributed by atoms with E-state index in [1.54, 1.807) is 0 Å². The molecule has 70 valence electrons. The molecule has 1 unspecified atom stereocenters. The molecule has 0 aliphatic carbocycles. The number of hydrogen-bond acceptors (Lipinski definition) is 3. The zero-order valence-corrected chi connectivity index (χ0v) is 7.76. The SMILES string of the molecule is CCCCC1(C(=O)OCC)CO1. The molecule has 0 bridgehead atoms. The number of rotatable bonds is 5. The molecule has 1 heterocycles. The summed E-state index contributed by atoms with van der Waals surface area (Å²) in [4.78, 5) is 11.3. The summed E-state index contributed by atoms with van der Waals surface area (Å²) < 4.78 is 10.0. The van der Waals surface area contributed by atoms with Crippen molar-refractivity contribution in [3.63, 3.8) is 0 Å². The van der Waals surface area contributed by atoms with Gasteiger partial charge in [0.2, 0.25) is 0 Å². The van der Waals surface area contributed by atoms with Gasteiger partial charge in [0.05, 0.1) is 13.2 Å². The van der Waals surface area contributed by atoms with Crippen LogP contribution in [0.5, 0.6) is 0 Å². The van der Waals surface area contributed by atoms with Crippen molar-refractivity contribution in [1.82, 2.24) is 0 Å². The molecular formula is C9H16O3. The molecule has 1 atom stereocenters. The first kappa shape index (κ1) is 9.52. The molecule has 1 aliphatic rings. The Morgan fingerprint density at radius 2 is 2.25 bits per heavy atom. The minimum atomic E-state index is -0.550. The van der Waals surface area contributed by atoms with Crippen LogP contribution in [0.4, 0.5) is 0 Å². The van der Waals surface area contributed by atoms with E-state index in [0.717, 1.165) is 19.3 Å². The standard InChI is InChI=1S/C9H16O3/c1-3-5-6-9(7-12-9)8(10)11-4-2/h3-7H2,1-2H3. The zero-order valence-electron chi connectivity index (χ0n) is 7.76. The quantitative estimate of drug-likeness (QED) is 0.466. The van der Waals surface area contributed by atoms with Gasteiger partial charge in [-0.25, -0.2) is 4.79 Å². The van der Waals surface area contributed by atoms with Crippen molar-refractivity contribution in [2.75, 3.05) is 13.2 Å². The van der Waals surface area contributed by atoms with Crippen LogP contribution in [0.2, 0.25) is 0 Å². The van der Waals surface area contributed by atoms with Gasteiger partial charge in [-0.2, -0.15) is 0 Å². The van der Waals surface area contributed by atoms with Gasteiger partial charge in [0.25, 0.3) is 0 Å².